The van der Waals surface area contributed by atoms with Crippen molar-refractivity contribution in [2.24, 2.45) is 11.8 Å². The van der Waals surface area contributed by atoms with Crippen molar-refractivity contribution in [3.63, 3.8) is 0 Å². The van der Waals surface area contributed by atoms with E-state index in [1.165, 1.54) is 16.7 Å². The van der Waals surface area contributed by atoms with Crippen molar-refractivity contribution in [2.75, 3.05) is 6.54 Å². The van der Waals surface area contributed by atoms with Crippen LogP contribution in [0.15, 0.2) is 115 Å². The van der Waals surface area contributed by atoms with E-state index in [0.717, 1.165) is 25.8 Å². The van der Waals surface area contributed by atoms with Crippen molar-refractivity contribution < 1.29 is 19.8 Å². The Kier molecular flexibility index (Phi) is 16.5. The molecule has 1 aliphatic carbocycles. The minimum absolute atomic E-state index is 0. The summed E-state index contributed by atoms with van der Waals surface area (Å²) in [5.41, 5.74) is 4.12. The van der Waals surface area contributed by atoms with E-state index in [-0.39, 0.29) is 24.7 Å². The Balaban J connectivity index is 0.000000306. The monoisotopic (exact) mass is 603 g/mol. The van der Waals surface area contributed by atoms with E-state index in [9.17, 15) is 19.8 Å². The van der Waals surface area contributed by atoms with Gasteiger partial charge in [0.05, 0.1) is 12.0 Å². The normalized spacial score (nSPS) is 20.8. The second-order valence-electron chi connectivity index (χ2n) is 10.8. The highest BCUT2D eigenvalue weighted by atomic mass is 35.5. The number of allylic oxidation sites excluding steroid dienone is 4. The topological polar surface area (TPSA) is 86.6 Å². The number of hydrogen-bond donors (Lipinski definition) is 3. The molecule has 0 bridgehead atoms. The van der Waals surface area contributed by atoms with Crippen LogP contribution < -0.4 is 5.32 Å². The highest BCUT2D eigenvalue weighted by Crippen LogP contribution is 2.29. The molecule has 1 fully saturated rings. The number of carbonyl (C=O) groups is 2. The fourth-order valence-corrected chi connectivity index (χ4v) is 5.27. The lowest BCUT2D eigenvalue weighted by Crippen LogP contribution is -2.47. The first-order valence-corrected chi connectivity index (χ1v) is 15.0. The van der Waals surface area contributed by atoms with Gasteiger partial charge in [-0.05, 0) is 55.3 Å². The number of unbranched alkanes of at least 4 members (excludes halogenated alkanes) is 1. The van der Waals surface area contributed by atoms with E-state index >= 15 is 0 Å². The number of nitrogens with one attached hydrogen (secondary N) is 1. The van der Waals surface area contributed by atoms with Gasteiger partial charge in [0.2, 0.25) is 0 Å². The molecule has 230 valence electrons. The van der Waals surface area contributed by atoms with Crippen LogP contribution in [0.4, 0.5) is 0 Å². The van der Waals surface area contributed by atoms with Gasteiger partial charge in [-0.1, -0.05) is 129 Å². The lowest BCUT2D eigenvalue weighted by molar-refractivity contribution is -0.146. The molecule has 3 aromatic carbocycles. The fourth-order valence-electron chi connectivity index (χ4n) is 5.27. The van der Waals surface area contributed by atoms with E-state index in [2.05, 4.69) is 110 Å². The SMILES string of the molecule is CC(NCCC(c1ccccc1)c1ccccc1)c1ccccc1.CCCC=CC=CC1CC(O)C(O)C(=O)C1C=O.Cl. The Labute approximate surface area is 263 Å². The third kappa shape index (κ3) is 11.3. The van der Waals surface area contributed by atoms with Gasteiger partial charge in [0, 0.05) is 12.0 Å². The number of aliphatic hydroxyl groups is 2. The van der Waals surface area contributed by atoms with Crippen molar-refractivity contribution in [3.05, 3.63) is 132 Å². The van der Waals surface area contributed by atoms with E-state index in [0.29, 0.717) is 18.2 Å². The Morgan fingerprint density at radius 3 is 1.91 bits per heavy atom. The third-order valence-electron chi connectivity index (χ3n) is 7.75. The smallest absolute Gasteiger partial charge is 0.174 e. The van der Waals surface area contributed by atoms with Crippen molar-refractivity contribution in [1.29, 1.82) is 0 Å². The Hall–Kier alpha value is -3.35. The van der Waals surface area contributed by atoms with Crippen LogP contribution in [0.25, 0.3) is 0 Å². The maximum absolute atomic E-state index is 11.6. The summed E-state index contributed by atoms with van der Waals surface area (Å²) < 4.78 is 0. The summed E-state index contributed by atoms with van der Waals surface area (Å²) in [4.78, 5) is 22.5. The molecule has 0 heterocycles. The highest BCUT2D eigenvalue weighted by Gasteiger charge is 2.41. The van der Waals surface area contributed by atoms with Crippen molar-refractivity contribution in [3.8, 4) is 0 Å². The summed E-state index contributed by atoms with van der Waals surface area (Å²) in [7, 11) is 0. The van der Waals surface area contributed by atoms with Crippen LogP contribution in [-0.4, -0.2) is 41.0 Å². The number of aldehydes is 1. The van der Waals surface area contributed by atoms with Gasteiger partial charge in [-0.25, -0.2) is 0 Å². The van der Waals surface area contributed by atoms with Gasteiger partial charge in [-0.3, -0.25) is 4.79 Å². The molecule has 5 unspecified atom stereocenters. The molecule has 0 amide bonds. The van der Waals surface area contributed by atoms with E-state index in [1.807, 2.05) is 12.2 Å². The molecule has 0 saturated heterocycles. The van der Waals surface area contributed by atoms with Crippen LogP contribution in [0.5, 0.6) is 0 Å². The van der Waals surface area contributed by atoms with E-state index in [1.54, 1.807) is 12.2 Å². The predicted octanol–water partition coefficient (Wildman–Crippen LogP) is 7.01. The maximum Gasteiger partial charge on any atom is 0.174 e. The second-order valence-corrected chi connectivity index (χ2v) is 10.8. The molecule has 0 radical (unpaired) electrons. The molecule has 1 aliphatic rings. The summed E-state index contributed by atoms with van der Waals surface area (Å²) in [6, 6.07) is 32.6. The summed E-state index contributed by atoms with van der Waals surface area (Å²) in [5.74, 6) is -1.34. The van der Waals surface area contributed by atoms with Crippen molar-refractivity contribution in [1.82, 2.24) is 5.32 Å². The average molecular weight is 604 g/mol. The second kappa shape index (κ2) is 19.8. The van der Waals surface area contributed by atoms with Crippen LogP contribution in [-0.2, 0) is 9.59 Å². The summed E-state index contributed by atoms with van der Waals surface area (Å²) in [5, 5.41) is 22.6. The quantitative estimate of drug-likeness (QED) is 0.118. The molecule has 5 atom stereocenters. The molecular formula is C37H46ClNO4. The van der Waals surface area contributed by atoms with E-state index < -0.39 is 23.9 Å². The van der Waals surface area contributed by atoms with Gasteiger partial charge in [0.15, 0.2) is 5.78 Å². The number of benzene rings is 3. The van der Waals surface area contributed by atoms with Crippen LogP contribution in [0.3, 0.4) is 0 Å². The van der Waals surface area contributed by atoms with Crippen LogP contribution in [0.2, 0.25) is 0 Å². The van der Waals surface area contributed by atoms with Crippen LogP contribution in [0.1, 0.15) is 68.2 Å². The Morgan fingerprint density at radius 1 is 0.860 bits per heavy atom. The van der Waals surface area contributed by atoms with Gasteiger partial charge in [0.25, 0.3) is 0 Å². The average Bonchev–Trinajstić information content (AvgIpc) is 3.03. The number of rotatable bonds is 12. The number of hydrogen-bond acceptors (Lipinski definition) is 5. The zero-order chi connectivity index (χ0) is 30.2. The van der Waals surface area contributed by atoms with Crippen LogP contribution >= 0.6 is 12.4 Å². The first-order valence-electron chi connectivity index (χ1n) is 15.0. The standard InChI is InChI=1S/C23H25N.C14H20O4.ClH/c1-19(20-11-5-2-6-12-20)24-18-17-23(21-13-7-3-8-14-21)22-15-9-4-10-16-22;1-2-3-4-5-6-7-10-8-12(16)14(18)13(17)11(10)9-15;/h2-16,19,23-24H,17-18H2,1H3;4-7,9-12,14,16,18H,2-3,8H2,1H3;1H. The Morgan fingerprint density at radius 2 is 1.40 bits per heavy atom. The first-order chi connectivity index (χ1) is 20.5. The Bertz CT molecular complexity index is 1210. The molecule has 3 aromatic rings. The van der Waals surface area contributed by atoms with Gasteiger partial charge in [0.1, 0.15) is 12.4 Å². The highest BCUT2D eigenvalue weighted by molar-refractivity contribution is 5.97. The number of Topliss-reactive ketones (excluding diaryl/α,β-unsaturated/α-hetero) is 1. The summed E-state index contributed by atoms with van der Waals surface area (Å²) >= 11 is 0. The molecule has 0 aliphatic heterocycles. The number of halogens is 1. The molecular weight excluding hydrogens is 558 g/mol. The minimum atomic E-state index is -1.43. The minimum Gasteiger partial charge on any atom is -0.390 e. The molecule has 5 nitrogen and oxygen atoms in total. The summed E-state index contributed by atoms with van der Waals surface area (Å²) in [6.45, 7) is 5.30. The third-order valence-corrected chi connectivity index (χ3v) is 7.75. The van der Waals surface area contributed by atoms with Gasteiger partial charge < -0.3 is 20.3 Å². The largest absolute Gasteiger partial charge is 0.390 e. The first kappa shape index (κ1) is 35.8. The van der Waals surface area contributed by atoms with E-state index in [4.69, 9.17) is 0 Å². The van der Waals surface area contributed by atoms with Crippen molar-refractivity contribution in [2.45, 2.75) is 63.7 Å². The summed E-state index contributed by atoms with van der Waals surface area (Å²) in [6.07, 6.45) is 8.81. The molecule has 0 aromatic heterocycles. The lowest BCUT2D eigenvalue weighted by Gasteiger charge is -2.31. The maximum atomic E-state index is 11.6. The van der Waals surface area contributed by atoms with Crippen molar-refractivity contribution >= 4 is 24.5 Å². The molecule has 6 heteroatoms. The molecule has 3 N–H and O–H groups in total. The van der Waals surface area contributed by atoms with Gasteiger partial charge >= 0.3 is 0 Å². The number of ketones is 1. The molecule has 4 rings (SSSR count). The zero-order valence-corrected chi connectivity index (χ0v) is 26.0. The van der Waals surface area contributed by atoms with Crippen LogP contribution in [0, 0.1) is 11.8 Å². The van der Waals surface area contributed by atoms with Gasteiger partial charge in [-0.15, -0.1) is 12.4 Å². The zero-order valence-electron chi connectivity index (χ0n) is 25.2. The molecule has 1 saturated carbocycles. The lowest BCUT2D eigenvalue weighted by atomic mass is 9.76. The number of carbonyl (C=O) groups excluding carboxylic acids is 2. The predicted molar refractivity (Wildman–Crippen MR) is 177 cm³/mol. The molecule has 0 spiro atoms. The molecule has 43 heavy (non-hydrogen) atoms. The van der Waals surface area contributed by atoms with Gasteiger partial charge in [-0.2, -0.15) is 0 Å². The number of aliphatic hydroxyl groups excluding tert-OH is 2. The fraction of sp³-hybridized carbons (Fsp3) is 0.351.